The largest absolute Gasteiger partial charge is 0.377 e. The lowest BCUT2D eigenvalue weighted by Crippen LogP contribution is -2.08. The van der Waals surface area contributed by atoms with E-state index in [4.69, 9.17) is 11.6 Å². The average Bonchev–Trinajstić information content (AvgIpc) is 2.67. The molecule has 1 aromatic carbocycles. The number of anilines is 1. The molecule has 0 aliphatic rings. The molecule has 2 aromatic rings. The number of hydrogen-bond donors (Lipinski definition) is 1. The van der Waals surface area contributed by atoms with Crippen molar-refractivity contribution in [2.45, 2.75) is 19.9 Å². The molecule has 0 amide bonds. The van der Waals surface area contributed by atoms with Crippen molar-refractivity contribution in [3.8, 4) is 0 Å². The number of halogens is 4. The lowest BCUT2D eigenvalue weighted by molar-refractivity contribution is 0.497. The van der Waals surface area contributed by atoms with E-state index in [0.717, 1.165) is 11.8 Å². The van der Waals surface area contributed by atoms with Gasteiger partial charge in [0.1, 0.15) is 5.82 Å². The molecule has 7 heteroatoms. The van der Waals surface area contributed by atoms with Crippen LogP contribution in [-0.2, 0) is 20.0 Å². The first-order valence-electron chi connectivity index (χ1n) is 6.02. The predicted octanol–water partition coefficient (Wildman–Crippen LogP) is 3.67. The maximum Gasteiger partial charge on any atom is 0.182 e. The van der Waals surface area contributed by atoms with Gasteiger partial charge >= 0.3 is 0 Å². The van der Waals surface area contributed by atoms with Gasteiger partial charge in [-0.15, -0.1) is 0 Å². The van der Waals surface area contributed by atoms with E-state index >= 15 is 0 Å². The van der Waals surface area contributed by atoms with Crippen molar-refractivity contribution in [2.75, 3.05) is 5.32 Å². The highest BCUT2D eigenvalue weighted by Crippen LogP contribution is 2.24. The molecule has 0 bridgehead atoms. The molecule has 0 saturated carbocycles. The Morgan fingerprint density at radius 3 is 2.60 bits per heavy atom. The summed E-state index contributed by atoms with van der Waals surface area (Å²) < 4.78 is 41.2. The average molecular weight is 304 g/mol. The monoisotopic (exact) mass is 303 g/mol. The molecular weight excluding hydrogens is 291 g/mol. The second kappa shape index (κ2) is 5.75. The topological polar surface area (TPSA) is 29.9 Å². The molecule has 1 N–H and O–H groups in total. The molecule has 0 unspecified atom stereocenters. The third kappa shape index (κ3) is 2.75. The standard InChI is InChI=1S/C13H13ClF3N3/c1-3-9-12(14)11(20(2)19-9)6-18-10-5-7(15)4-8(16)13(10)17/h4-5,18H,3,6H2,1-2H3. The highest BCUT2D eigenvalue weighted by molar-refractivity contribution is 6.31. The van der Waals surface area contributed by atoms with Gasteiger partial charge in [-0.1, -0.05) is 18.5 Å². The summed E-state index contributed by atoms with van der Waals surface area (Å²) in [6.45, 7) is 2.02. The second-order valence-corrected chi connectivity index (χ2v) is 4.67. The van der Waals surface area contributed by atoms with Crippen LogP contribution in [0.4, 0.5) is 18.9 Å². The van der Waals surface area contributed by atoms with Crippen LogP contribution < -0.4 is 5.32 Å². The first-order chi connectivity index (χ1) is 9.43. The molecule has 108 valence electrons. The zero-order valence-corrected chi connectivity index (χ0v) is 11.7. The quantitative estimate of drug-likeness (QED) is 0.874. The van der Waals surface area contributed by atoms with E-state index in [0.29, 0.717) is 23.2 Å². The molecule has 0 atom stereocenters. The number of rotatable bonds is 4. The van der Waals surface area contributed by atoms with E-state index in [2.05, 4.69) is 10.4 Å². The molecule has 0 saturated heterocycles. The SMILES string of the molecule is CCc1nn(C)c(CNc2cc(F)cc(F)c2F)c1Cl. The van der Waals surface area contributed by atoms with Gasteiger partial charge in [0.25, 0.3) is 0 Å². The van der Waals surface area contributed by atoms with Crippen LogP contribution in [0.3, 0.4) is 0 Å². The van der Waals surface area contributed by atoms with Crippen LogP contribution in [0.2, 0.25) is 5.02 Å². The third-order valence-electron chi connectivity index (χ3n) is 2.94. The van der Waals surface area contributed by atoms with E-state index in [1.807, 2.05) is 6.92 Å². The van der Waals surface area contributed by atoms with Gasteiger partial charge in [0.15, 0.2) is 11.6 Å². The highest BCUT2D eigenvalue weighted by Gasteiger charge is 2.15. The van der Waals surface area contributed by atoms with Crippen molar-refractivity contribution in [3.63, 3.8) is 0 Å². The zero-order valence-electron chi connectivity index (χ0n) is 11.0. The number of aryl methyl sites for hydroxylation is 2. The van der Waals surface area contributed by atoms with Gasteiger partial charge in [0, 0.05) is 19.2 Å². The fourth-order valence-corrected chi connectivity index (χ4v) is 2.24. The zero-order chi connectivity index (χ0) is 14.9. The maximum absolute atomic E-state index is 13.5. The van der Waals surface area contributed by atoms with E-state index in [1.54, 1.807) is 11.7 Å². The summed E-state index contributed by atoms with van der Waals surface area (Å²) in [4.78, 5) is 0. The Bertz CT molecular complexity index is 640. The summed E-state index contributed by atoms with van der Waals surface area (Å²) in [7, 11) is 1.70. The molecule has 1 heterocycles. The van der Waals surface area contributed by atoms with E-state index in [9.17, 15) is 13.2 Å². The molecule has 0 aliphatic carbocycles. The Morgan fingerprint density at radius 2 is 2.00 bits per heavy atom. The Balaban J connectivity index is 2.23. The smallest absolute Gasteiger partial charge is 0.182 e. The van der Waals surface area contributed by atoms with Crippen molar-refractivity contribution >= 4 is 17.3 Å². The van der Waals surface area contributed by atoms with Gasteiger partial charge < -0.3 is 5.32 Å². The molecule has 0 radical (unpaired) electrons. The van der Waals surface area contributed by atoms with E-state index in [1.165, 1.54) is 0 Å². The Morgan fingerprint density at radius 1 is 1.30 bits per heavy atom. The molecule has 2 rings (SSSR count). The van der Waals surface area contributed by atoms with Crippen molar-refractivity contribution in [1.29, 1.82) is 0 Å². The molecule has 3 nitrogen and oxygen atoms in total. The van der Waals surface area contributed by atoms with Crippen molar-refractivity contribution in [2.24, 2.45) is 7.05 Å². The molecule has 20 heavy (non-hydrogen) atoms. The lowest BCUT2D eigenvalue weighted by Gasteiger charge is -2.09. The Hall–Kier alpha value is -1.69. The Labute approximate surface area is 119 Å². The predicted molar refractivity (Wildman–Crippen MR) is 71.2 cm³/mol. The summed E-state index contributed by atoms with van der Waals surface area (Å²) in [6.07, 6.45) is 0.662. The van der Waals surface area contributed by atoms with Crippen LogP contribution in [0.1, 0.15) is 18.3 Å². The van der Waals surface area contributed by atoms with Crippen molar-refractivity contribution in [1.82, 2.24) is 9.78 Å². The van der Waals surface area contributed by atoms with E-state index < -0.39 is 17.5 Å². The first-order valence-corrected chi connectivity index (χ1v) is 6.40. The summed E-state index contributed by atoms with van der Waals surface area (Å²) in [5.41, 5.74) is 1.09. The van der Waals surface area contributed by atoms with Gasteiger partial charge in [-0.3, -0.25) is 4.68 Å². The fourth-order valence-electron chi connectivity index (χ4n) is 1.88. The highest BCUT2D eigenvalue weighted by atomic mass is 35.5. The minimum atomic E-state index is -1.24. The molecule has 1 aromatic heterocycles. The van der Waals surface area contributed by atoms with Crippen LogP contribution >= 0.6 is 11.6 Å². The third-order valence-corrected chi connectivity index (χ3v) is 3.38. The van der Waals surface area contributed by atoms with Gasteiger partial charge in [-0.2, -0.15) is 5.10 Å². The van der Waals surface area contributed by atoms with Gasteiger partial charge in [0.05, 0.1) is 28.6 Å². The van der Waals surface area contributed by atoms with Crippen LogP contribution in [0.15, 0.2) is 12.1 Å². The first kappa shape index (κ1) is 14.7. The maximum atomic E-state index is 13.5. The van der Waals surface area contributed by atoms with Crippen molar-refractivity contribution in [3.05, 3.63) is 46.0 Å². The van der Waals surface area contributed by atoms with Crippen LogP contribution in [0.5, 0.6) is 0 Å². The van der Waals surface area contributed by atoms with Gasteiger partial charge in [-0.05, 0) is 6.42 Å². The molecule has 0 spiro atoms. The summed E-state index contributed by atoms with van der Waals surface area (Å²) in [5.74, 6) is -3.21. The number of benzene rings is 1. The minimum absolute atomic E-state index is 0.113. The lowest BCUT2D eigenvalue weighted by atomic mass is 10.2. The van der Waals surface area contributed by atoms with E-state index in [-0.39, 0.29) is 12.2 Å². The minimum Gasteiger partial charge on any atom is -0.377 e. The van der Waals surface area contributed by atoms with Crippen LogP contribution in [-0.4, -0.2) is 9.78 Å². The number of nitrogens with one attached hydrogen (secondary N) is 1. The molecule has 0 aliphatic heterocycles. The van der Waals surface area contributed by atoms with Crippen LogP contribution in [0.25, 0.3) is 0 Å². The second-order valence-electron chi connectivity index (χ2n) is 4.29. The van der Waals surface area contributed by atoms with Crippen molar-refractivity contribution < 1.29 is 13.2 Å². The summed E-state index contributed by atoms with van der Waals surface area (Å²) in [5, 5.41) is 7.30. The van der Waals surface area contributed by atoms with Crippen LogP contribution in [0, 0.1) is 17.5 Å². The summed E-state index contributed by atoms with van der Waals surface area (Å²) >= 11 is 6.13. The normalized spacial score (nSPS) is 10.9. The summed E-state index contributed by atoms with van der Waals surface area (Å²) in [6, 6.07) is 1.39. The molecule has 0 fully saturated rings. The van der Waals surface area contributed by atoms with Gasteiger partial charge in [0.2, 0.25) is 0 Å². The molecular formula is C13H13ClF3N3. The Kier molecular flexibility index (Phi) is 4.23. The van der Waals surface area contributed by atoms with Gasteiger partial charge in [-0.25, -0.2) is 13.2 Å². The number of hydrogen-bond acceptors (Lipinski definition) is 2. The fraction of sp³-hybridized carbons (Fsp3) is 0.308. The number of aromatic nitrogens is 2. The number of nitrogens with zero attached hydrogens (tertiary/aromatic N) is 2.